The number of alkyl halides is 1. The van der Waals surface area contributed by atoms with Gasteiger partial charge < -0.3 is 0 Å². The standard InChI is InChI=1S/C11H10Cl2N2/c1-8-6-14-15(7-8)11-3-2-10(13)4-9(11)5-12/h2-4,6-7H,5H2,1H3. The first kappa shape index (κ1) is 10.5. The van der Waals surface area contributed by atoms with Crippen molar-refractivity contribution < 1.29 is 0 Å². The molecule has 0 fully saturated rings. The molecule has 0 amide bonds. The Labute approximate surface area is 98.4 Å². The van der Waals surface area contributed by atoms with Crippen LogP contribution in [0, 0.1) is 6.92 Å². The van der Waals surface area contributed by atoms with Crippen LogP contribution in [0.1, 0.15) is 11.1 Å². The molecule has 0 unspecified atom stereocenters. The van der Waals surface area contributed by atoms with Gasteiger partial charge in [0, 0.05) is 17.1 Å². The summed E-state index contributed by atoms with van der Waals surface area (Å²) in [5.41, 5.74) is 3.07. The van der Waals surface area contributed by atoms with Crippen molar-refractivity contribution in [2.24, 2.45) is 0 Å². The third-order valence-electron chi connectivity index (χ3n) is 2.14. The van der Waals surface area contributed by atoms with Crippen LogP contribution in [0.25, 0.3) is 5.69 Å². The zero-order chi connectivity index (χ0) is 10.8. The zero-order valence-corrected chi connectivity index (χ0v) is 9.76. The molecule has 78 valence electrons. The van der Waals surface area contributed by atoms with E-state index < -0.39 is 0 Å². The number of nitrogens with zero attached hydrogens (tertiary/aromatic N) is 2. The van der Waals surface area contributed by atoms with E-state index in [2.05, 4.69) is 5.10 Å². The van der Waals surface area contributed by atoms with E-state index >= 15 is 0 Å². The number of benzene rings is 1. The smallest absolute Gasteiger partial charge is 0.0690 e. The molecule has 0 aliphatic rings. The Morgan fingerprint density at radius 1 is 1.40 bits per heavy atom. The summed E-state index contributed by atoms with van der Waals surface area (Å²) in [7, 11) is 0. The van der Waals surface area contributed by atoms with Gasteiger partial charge in [-0.1, -0.05) is 11.6 Å². The third-order valence-corrected chi connectivity index (χ3v) is 2.67. The molecule has 0 radical (unpaired) electrons. The molecular weight excluding hydrogens is 231 g/mol. The molecule has 1 aromatic heterocycles. The summed E-state index contributed by atoms with van der Waals surface area (Å²) in [4.78, 5) is 0. The average molecular weight is 241 g/mol. The van der Waals surface area contributed by atoms with Crippen molar-refractivity contribution in [1.29, 1.82) is 0 Å². The molecule has 0 saturated carbocycles. The van der Waals surface area contributed by atoms with Gasteiger partial charge in [0.2, 0.25) is 0 Å². The third kappa shape index (κ3) is 2.16. The Morgan fingerprint density at radius 2 is 2.20 bits per heavy atom. The van der Waals surface area contributed by atoms with E-state index in [0.29, 0.717) is 10.9 Å². The van der Waals surface area contributed by atoms with Gasteiger partial charge in [-0.3, -0.25) is 0 Å². The molecule has 0 atom stereocenters. The lowest BCUT2D eigenvalue weighted by Gasteiger charge is -2.07. The highest BCUT2D eigenvalue weighted by atomic mass is 35.5. The topological polar surface area (TPSA) is 17.8 Å². The highest BCUT2D eigenvalue weighted by molar-refractivity contribution is 6.30. The molecule has 2 rings (SSSR count). The van der Waals surface area contributed by atoms with Crippen LogP contribution in [0.2, 0.25) is 5.02 Å². The summed E-state index contributed by atoms with van der Waals surface area (Å²) in [6.07, 6.45) is 3.77. The van der Waals surface area contributed by atoms with Crippen LogP contribution in [0.4, 0.5) is 0 Å². The lowest BCUT2D eigenvalue weighted by molar-refractivity contribution is 0.871. The number of hydrogen-bond acceptors (Lipinski definition) is 1. The Bertz CT molecular complexity index is 477. The molecule has 0 spiro atoms. The summed E-state index contributed by atoms with van der Waals surface area (Å²) >= 11 is 11.8. The summed E-state index contributed by atoms with van der Waals surface area (Å²) in [6, 6.07) is 5.62. The van der Waals surface area contributed by atoms with E-state index in [1.165, 1.54) is 0 Å². The Kier molecular flexibility index (Phi) is 2.98. The fourth-order valence-electron chi connectivity index (χ4n) is 1.43. The molecule has 0 aliphatic carbocycles. The van der Waals surface area contributed by atoms with Crippen molar-refractivity contribution in [3.05, 3.63) is 46.7 Å². The number of rotatable bonds is 2. The molecule has 0 saturated heterocycles. The monoisotopic (exact) mass is 240 g/mol. The van der Waals surface area contributed by atoms with Crippen LogP contribution in [0.15, 0.2) is 30.6 Å². The fourth-order valence-corrected chi connectivity index (χ4v) is 1.84. The maximum atomic E-state index is 5.90. The number of aromatic nitrogens is 2. The Hall–Kier alpha value is -0.990. The number of aryl methyl sites for hydroxylation is 1. The number of halogens is 2. The van der Waals surface area contributed by atoms with Gasteiger partial charge in [0.1, 0.15) is 0 Å². The normalized spacial score (nSPS) is 10.6. The maximum absolute atomic E-state index is 5.90. The largest absolute Gasteiger partial charge is 0.240 e. The van der Waals surface area contributed by atoms with Gasteiger partial charge in [0.05, 0.1) is 11.9 Å². The van der Waals surface area contributed by atoms with Crippen molar-refractivity contribution in [3.8, 4) is 5.69 Å². The Morgan fingerprint density at radius 3 is 2.80 bits per heavy atom. The minimum atomic E-state index is 0.425. The first-order valence-corrected chi connectivity index (χ1v) is 5.48. The highest BCUT2D eigenvalue weighted by Gasteiger charge is 2.05. The molecule has 0 bridgehead atoms. The summed E-state index contributed by atoms with van der Waals surface area (Å²) in [5.74, 6) is 0.425. The van der Waals surface area contributed by atoms with Gasteiger partial charge in [0.15, 0.2) is 0 Å². The van der Waals surface area contributed by atoms with Crippen molar-refractivity contribution in [3.63, 3.8) is 0 Å². The van der Waals surface area contributed by atoms with E-state index in [0.717, 1.165) is 16.8 Å². The minimum absolute atomic E-state index is 0.425. The molecule has 0 aliphatic heterocycles. The second-order valence-corrected chi connectivity index (χ2v) is 4.07. The Balaban J connectivity index is 2.52. The van der Waals surface area contributed by atoms with Crippen molar-refractivity contribution in [2.45, 2.75) is 12.8 Å². The van der Waals surface area contributed by atoms with E-state index in [1.807, 2.05) is 42.2 Å². The van der Waals surface area contributed by atoms with Crippen LogP contribution in [-0.4, -0.2) is 9.78 Å². The molecular formula is C11H10Cl2N2. The first-order valence-electron chi connectivity index (χ1n) is 4.57. The quantitative estimate of drug-likeness (QED) is 0.735. The van der Waals surface area contributed by atoms with Crippen LogP contribution >= 0.6 is 23.2 Å². The van der Waals surface area contributed by atoms with Gasteiger partial charge in [-0.2, -0.15) is 5.10 Å². The maximum Gasteiger partial charge on any atom is 0.0690 e. The second kappa shape index (κ2) is 4.25. The molecule has 4 heteroatoms. The van der Waals surface area contributed by atoms with Crippen molar-refractivity contribution in [2.75, 3.05) is 0 Å². The van der Waals surface area contributed by atoms with Crippen LogP contribution < -0.4 is 0 Å². The second-order valence-electron chi connectivity index (χ2n) is 3.37. The average Bonchev–Trinajstić information content (AvgIpc) is 2.64. The SMILES string of the molecule is Cc1cnn(-c2ccc(Cl)cc2CCl)c1. The molecule has 2 nitrogen and oxygen atoms in total. The predicted molar refractivity (Wildman–Crippen MR) is 62.9 cm³/mol. The minimum Gasteiger partial charge on any atom is -0.240 e. The van der Waals surface area contributed by atoms with E-state index in [4.69, 9.17) is 23.2 Å². The lowest BCUT2D eigenvalue weighted by Crippen LogP contribution is -1.98. The highest BCUT2D eigenvalue weighted by Crippen LogP contribution is 2.21. The fraction of sp³-hybridized carbons (Fsp3) is 0.182. The summed E-state index contributed by atoms with van der Waals surface area (Å²) in [5, 5.41) is 4.93. The zero-order valence-electron chi connectivity index (χ0n) is 8.24. The van der Waals surface area contributed by atoms with Gasteiger partial charge >= 0.3 is 0 Å². The van der Waals surface area contributed by atoms with Gasteiger partial charge in [-0.15, -0.1) is 11.6 Å². The van der Waals surface area contributed by atoms with E-state index in [-0.39, 0.29) is 0 Å². The van der Waals surface area contributed by atoms with Crippen LogP contribution in [0.3, 0.4) is 0 Å². The van der Waals surface area contributed by atoms with Crippen LogP contribution in [0.5, 0.6) is 0 Å². The molecule has 15 heavy (non-hydrogen) atoms. The lowest BCUT2D eigenvalue weighted by atomic mass is 10.2. The van der Waals surface area contributed by atoms with Crippen LogP contribution in [-0.2, 0) is 5.88 Å². The summed E-state index contributed by atoms with van der Waals surface area (Å²) < 4.78 is 1.81. The predicted octanol–water partition coefficient (Wildman–Crippen LogP) is 3.57. The van der Waals surface area contributed by atoms with Crippen molar-refractivity contribution in [1.82, 2.24) is 9.78 Å². The van der Waals surface area contributed by atoms with E-state index in [1.54, 1.807) is 0 Å². The van der Waals surface area contributed by atoms with Gasteiger partial charge in [-0.25, -0.2) is 4.68 Å². The molecule has 1 aromatic carbocycles. The summed E-state index contributed by atoms with van der Waals surface area (Å²) in [6.45, 7) is 2.00. The molecule has 1 heterocycles. The van der Waals surface area contributed by atoms with E-state index in [9.17, 15) is 0 Å². The molecule has 2 aromatic rings. The first-order chi connectivity index (χ1) is 7.20. The molecule has 0 N–H and O–H groups in total. The van der Waals surface area contributed by atoms with Gasteiger partial charge in [0.25, 0.3) is 0 Å². The van der Waals surface area contributed by atoms with Crippen molar-refractivity contribution >= 4 is 23.2 Å². The number of hydrogen-bond donors (Lipinski definition) is 0. The van der Waals surface area contributed by atoms with Gasteiger partial charge in [-0.05, 0) is 36.2 Å².